The van der Waals surface area contributed by atoms with Crippen molar-refractivity contribution < 1.29 is 4.79 Å². The summed E-state index contributed by atoms with van der Waals surface area (Å²) in [6.07, 6.45) is 2.69. The Morgan fingerprint density at radius 1 is 1.37 bits per heavy atom. The van der Waals surface area contributed by atoms with Gasteiger partial charge in [-0.3, -0.25) is 10.2 Å². The maximum absolute atomic E-state index is 11.4. The standard InChI is InChI=1S/C12H20N6O/c1-9-8-14-12(16-13)15-11(9)18-5-3-4-17(6-7-18)10(2)19/h8H,3-7,13H2,1-2H3,(H,14,15,16). The van der Waals surface area contributed by atoms with Gasteiger partial charge < -0.3 is 9.80 Å². The molecule has 19 heavy (non-hydrogen) atoms. The van der Waals surface area contributed by atoms with Gasteiger partial charge in [-0.15, -0.1) is 0 Å². The maximum atomic E-state index is 11.4. The summed E-state index contributed by atoms with van der Waals surface area (Å²) in [4.78, 5) is 24.0. The molecule has 0 radical (unpaired) electrons. The van der Waals surface area contributed by atoms with Gasteiger partial charge in [0.15, 0.2) is 0 Å². The minimum absolute atomic E-state index is 0.130. The quantitative estimate of drug-likeness (QED) is 0.583. The predicted molar refractivity (Wildman–Crippen MR) is 73.7 cm³/mol. The van der Waals surface area contributed by atoms with Crippen molar-refractivity contribution in [3.05, 3.63) is 11.8 Å². The first-order valence-electron chi connectivity index (χ1n) is 6.42. The van der Waals surface area contributed by atoms with E-state index in [-0.39, 0.29) is 5.91 Å². The number of hydrogen-bond donors (Lipinski definition) is 2. The van der Waals surface area contributed by atoms with Crippen molar-refractivity contribution in [2.75, 3.05) is 36.5 Å². The fourth-order valence-electron chi connectivity index (χ4n) is 2.27. The van der Waals surface area contributed by atoms with E-state index in [2.05, 4.69) is 20.3 Å². The first-order chi connectivity index (χ1) is 9.11. The third-order valence-corrected chi connectivity index (χ3v) is 3.31. The van der Waals surface area contributed by atoms with E-state index in [1.807, 2.05) is 11.8 Å². The Kier molecular flexibility index (Phi) is 4.16. The average Bonchev–Trinajstić information content (AvgIpc) is 2.65. The number of carbonyl (C=O) groups excluding carboxylic acids is 1. The third-order valence-electron chi connectivity index (χ3n) is 3.31. The van der Waals surface area contributed by atoms with E-state index >= 15 is 0 Å². The van der Waals surface area contributed by atoms with Crippen LogP contribution >= 0.6 is 0 Å². The van der Waals surface area contributed by atoms with Gasteiger partial charge in [0.25, 0.3) is 0 Å². The van der Waals surface area contributed by atoms with Gasteiger partial charge in [-0.1, -0.05) is 0 Å². The van der Waals surface area contributed by atoms with E-state index in [4.69, 9.17) is 5.84 Å². The van der Waals surface area contributed by atoms with Crippen LogP contribution in [0.25, 0.3) is 0 Å². The van der Waals surface area contributed by atoms with E-state index in [0.29, 0.717) is 5.95 Å². The molecule has 0 saturated carbocycles. The molecule has 0 unspecified atom stereocenters. The average molecular weight is 264 g/mol. The molecule has 3 N–H and O–H groups in total. The number of hydrogen-bond acceptors (Lipinski definition) is 6. The number of nitrogens with zero attached hydrogens (tertiary/aromatic N) is 4. The zero-order chi connectivity index (χ0) is 13.8. The maximum Gasteiger partial charge on any atom is 0.239 e. The van der Waals surface area contributed by atoms with E-state index in [1.54, 1.807) is 13.1 Å². The Bertz CT molecular complexity index is 464. The molecular formula is C12H20N6O. The van der Waals surface area contributed by atoms with Crippen LogP contribution in [0.5, 0.6) is 0 Å². The van der Waals surface area contributed by atoms with Crippen molar-refractivity contribution in [1.82, 2.24) is 14.9 Å². The van der Waals surface area contributed by atoms with Crippen molar-refractivity contribution in [3.8, 4) is 0 Å². The number of amides is 1. The second-order valence-corrected chi connectivity index (χ2v) is 4.69. The van der Waals surface area contributed by atoms with Crippen molar-refractivity contribution in [3.63, 3.8) is 0 Å². The van der Waals surface area contributed by atoms with Gasteiger partial charge >= 0.3 is 0 Å². The molecule has 1 aromatic rings. The van der Waals surface area contributed by atoms with Crippen LogP contribution in [-0.2, 0) is 4.79 Å². The van der Waals surface area contributed by atoms with Gasteiger partial charge in [0, 0.05) is 44.9 Å². The lowest BCUT2D eigenvalue weighted by molar-refractivity contribution is -0.128. The molecule has 0 atom stereocenters. The fraction of sp³-hybridized carbons (Fsp3) is 0.583. The molecule has 1 amide bonds. The Hall–Kier alpha value is -1.89. The lowest BCUT2D eigenvalue weighted by Gasteiger charge is -2.23. The van der Waals surface area contributed by atoms with E-state index in [9.17, 15) is 4.79 Å². The minimum atomic E-state index is 0.130. The highest BCUT2D eigenvalue weighted by Crippen LogP contribution is 2.19. The smallest absolute Gasteiger partial charge is 0.239 e. The van der Waals surface area contributed by atoms with Crippen molar-refractivity contribution >= 4 is 17.7 Å². The highest BCUT2D eigenvalue weighted by molar-refractivity contribution is 5.73. The van der Waals surface area contributed by atoms with Gasteiger partial charge in [-0.25, -0.2) is 10.8 Å². The van der Waals surface area contributed by atoms with Crippen LogP contribution in [0.3, 0.4) is 0 Å². The summed E-state index contributed by atoms with van der Waals surface area (Å²) in [7, 11) is 0. The number of nitrogen functional groups attached to an aromatic ring is 1. The molecule has 0 spiro atoms. The molecule has 0 aliphatic carbocycles. The topological polar surface area (TPSA) is 87.4 Å². The zero-order valence-electron chi connectivity index (χ0n) is 11.4. The highest BCUT2D eigenvalue weighted by atomic mass is 16.2. The van der Waals surface area contributed by atoms with Gasteiger partial charge in [-0.05, 0) is 13.3 Å². The molecule has 1 fully saturated rings. The van der Waals surface area contributed by atoms with Gasteiger partial charge in [0.05, 0.1) is 0 Å². The number of anilines is 2. The van der Waals surface area contributed by atoms with Crippen molar-refractivity contribution in [1.29, 1.82) is 0 Å². The first kappa shape index (κ1) is 13.5. The second-order valence-electron chi connectivity index (χ2n) is 4.69. The minimum Gasteiger partial charge on any atom is -0.354 e. The number of aromatic nitrogens is 2. The van der Waals surface area contributed by atoms with Crippen LogP contribution in [0.1, 0.15) is 18.9 Å². The van der Waals surface area contributed by atoms with Crippen LogP contribution in [0.2, 0.25) is 0 Å². The number of nitrogens with two attached hydrogens (primary N) is 1. The molecule has 0 bridgehead atoms. The van der Waals surface area contributed by atoms with Gasteiger partial charge in [0.2, 0.25) is 11.9 Å². The molecular weight excluding hydrogens is 244 g/mol. The molecule has 7 heteroatoms. The van der Waals surface area contributed by atoms with E-state index < -0.39 is 0 Å². The summed E-state index contributed by atoms with van der Waals surface area (Å²) in [5, 5.41) is 0. The fourth-order valence-corrected chi connectivity index (χ4v) is 2.27. The molecule has 2 heterocycles. The number of nitrogens with one attached hydrogen (secondary N) is 1. The highest BCUT2D eigenvalue weighted by Gasteiger charge is 2.19. The molecule has 2 rings (SSSR count). The summed E-state index contributed by atoms with van der Waals surface area (Å²) >= 11 is 0. The SMILES string of the molecule is CC(=O)N1CCCN(c2nc(NN)ncc2C)CC1. The van der Waals surface area contributed by atoms with Gasteiger partial charge in [-0.2, -0.15) is 4.98 Å². The summed E-state index contributed by atoms with van der Waals surface area (Å²) in [5.74, 6) is 6.77. The molecule has 1 saturated heterocycles. The Morgan fingerprint density at radius 2 is 2.16 bits per heavy atom. The van der Waals surface area contributed by atoms with Crippen molar-refractivity contribution in [2.24, 2.45) is 5.84 Å². The van der Waals surface area contributed by atoms with Gasteiger partial charge in [0.1, 0.15) is 5.82 Å². The second kappa shape index (κ2) is 5.83. The van der Waals surface area contributed by atoms with Crippen molar-refractivity contribution in [2.45, 2.75) is 20.3 Å². The number of hydrazine groups is 1. The predicted octanol–water partition coefficient (Wildman–Crippen LogP) is 0.129. The van der Waals surface area contributed by atoms with Crippen LogP contribution in [0.15, 0.2) is 6.20 Å². The van der Waals surface area contributed by atoms with Crippen LogP contribution < -0.4 is 16.2 Å². The lowest BCUT2D eigenvalue weighted by atomic mass is 10.3. The van der Waals surface area contributed by atoms with Crippen LogP contribution in [0.4, 0.5) is 11.8 Å². The number of carbonyl (C=O) groups is 1. The monoisotopic (exact) mass is 264 g/mol. The number of rotatable bonds is 2. The lowest BCUT2D eigenvalue weighted by Crippen LogP contribution is -2.34. The number of aryl methyl sites for hydroxylation is 1. The molecule has 7 nitrogen and oxygen atoms in total. The van der Waals surface area contributed by atoms with Crippen LogP contribution in [0, 0.1) is 6.92 Å². The summed E-state index contributed by atoms with van der Waals surface area (Å²) in [5.41, 5.74) is 3.47. The van der Waals surface area contributed by atoms with E-state index in [1.165, 1.54) is 0 Å². The zero-order valence-corrected chi connectivity index (χ0v) is 11.4. The molecule has 1 aliphatic heterocycles. The Balaban J connectivity index is 2.15. The summed E-state index contributed by atoms with van der Waals surface area (Å²) in [6.45, 7) is 6.78. The Morgan fingerprint density at radius 3 is 2.84 bits per heavy atom. The summed E-state index contributed by atoms with van der Waals surface area (Å²) in [6, 6.07) is 0. The van der Waals surface area contributed by atoms with Crippen LogP contribution in [-0.4, -0.2) is 47.0 Å². The normalized spacial score (nSPS) is 16.2. The third kappa shape index (κ3) is 3.11. The van der Waals surface area contributed by atoms with E-state index in [0.717, 1.165) is 44.0 Å². The Labute approximate surface area is 112 Å². The largest absolute Gasteiger partial charge is 0.354 e. The molecule has 104 valence electrons. The first-order valence-corrected chi connectivity index (χ1v) is 6.42. The summed E-state index contributed by atoms with van der Waals surface area (Å²) < 4.78 is 0. The molecule has 1 aliphatic rings. The molecule has 1 aromatic heterocycles. The molecule has 0 aromatic carbocycles.